The molecule has 0 bridgehead atoms. The summed E-state index contributed by atoms with van der Waals surface area (Å²) in [5.74, 6) is 0. The number of para-hydroxylation sites is 4. The Morgan fingerprint density at radius 2 is 1.27 bits per heavy atom. The predicted molar refractivity (Wildman–Crippen MR) is 238 cm³/mol. The van der Waals surface area contributed by atoms with Crippen LogP contribution in [0.3, 0.4) is 0 Å². The van der Waals surface area contributed by atoms with Gasteiger partial charge in [-0.15, -0.1) is 11.3 Å². The van der Waals surface area contributed by atoms with Gasteiger partial charge >= 0.3 is 6.85 Å². The van der Waals surface area contributed by atoms with Crippen molar-refractivity contribution in [1.29, 1.82) is 0 Å². The largest absolute Gasteiger partial charge is 0.454 e. The van der Waals surface area contributed by atoms with E-state index in [1.165, 1.54) is 87.2 Å². The molecule has 56 heavy (non-hydrogen) atoms. The van der Waals surface area contributed by atoms with Crippen LogP contribution >= 0.6 is 11.3 Å². The van der Waals surface area contributed by atoms with Crippen LogP contribution in [0.25, 0.3) is 64.4 Å². The highest BCUT2D eigenvalue weighted by Crippen LogP contribution is 2.58. The first kappa shape index (κ1) is 30.7. The molecule has 0 amide bonds. The van der Waals surface area contributed by atoms with Gasteiger partial charge in [-0.3, -0.25) is 0 Å². The van der Waals surface area contributed by atoms with Crippen LogP contribution in [-0.2, 0) is 5.41 Å². The van der Waals surface area contributed by atoms with E-state index < -0.39 is 0 Å². The standard InChI is InChI=1S/C51H33BN2OS/c1-51(2)38-19-8-9-22-42(38)53-47-39(51)20-13-21-40(47)52-46-36(29-37-33-17-7-11-25-45(33)56-50(37)48(46)53)35-28-31(30-14-4-3-5-15-30)26-27-41(35)54(52)43-23-12-18-34-32-16-6-10-24-44(32)55-49(34)43/h3-29H,1-2H3. The number of thiophene rings is 1. The molecule has 3 aliphatic heterocycles. The van der Waals surface area contributed by atoms with E-state index in [0.29, 0.717) is 0 Å². The summed E-state index contributed by atoms with van der Waals surface area (Å²) in [5, 5.41) is 4.89. The molecule has 3 aliphatic rings. The molecular formula is C51H33BN2OS. The van der Waals surface area contributed by atoms with Crippen LogP contribution in [0.5, 0.6) is 0 Å². The Hall–Kier alpha value is -6.56. The Labute approximate surface area is 328 Å². The molecule has 0 unspecified atom stereocenters. The average Bonchev–Trinajstić information content (AvgIpc) is 3.82. The number of nitrogens with zero attached hydrogens (tertiary/aromatic N) is 2. The van der Waals surface area contributed by atoms with Gasteiger partial charge in [0.2, 0.25) is 0 Å². The minimum Gasteiger partial charge on any atom is -0.454 e. The Morgan fingerprint density at radius 3 is 2.18 bits per heavy atom. The van der Waals surface area contributed by atoms with Crippen LogP contribution in [0, 0.1) is 0 Å². The fraction of sp³-hybridized carbons (Fsp3) is 0.0588. The molecule has 0 spiro atoms. The molecule has 5 heterocycles. The third-order valence-corrected chi connectivity index (χ3v) is 14.0. The molecule has 0 atom stereocenters. The minimum absolute atomic E-state index is 0.115. The Balaban J connectivity index is 1.23. The quantitative estimate of drug-likeness (QED) is 0.165. The first-order valence-electron chi connectivity index (χ1n) is 19.5. The number of rotatable bonds is 2. The van der Waals surface area contributed by atoms with Crippen molar-refractivity contribution in [3.8, 4) is 22.3 Å². The van der Waals surface area contributed by atoms with E-state index in [1.54, 1.807) is 0 Å². The molecule has 3 nitrogen and oxygen atoms in total. The second-order valence-electron chi connectivity index (χ2n) is 16.0. The van der Waals surface area contributed by atoms with Gasteiger partial charge in [-0.1, -0.05) is 135 Å². The zero-order chi connectivity index (χ0) is 36.9. The van der Waals surface area contributed by atoms with Crippen molar-refractivity contribution in [1.82, 2.24) is 0 Å². The number of benzene rings is 8. The number of furan rings is 1. The lowest BCUT2D eigenvalue weighted by Gasteiger charge is -2.50. The van der Waals surface area contributed by atoms with E-state index >= 15 is 0 Å². The van der Waals surface area contributed by atoms with Gasteiger partial charge in [-0.2, -0.15) is 0 Å². The summed E-state index contributed by atoms with van der Waals surface area (Å²) in [4.78, 5) is 5.25. The monoisotopic (exact) mass is 732 g/mol. The molecular weight excluding hydrogens is 699 g/mol. The van der Waals surface area contributed by atoms with Crippen molar-refractivity contribution in [2.24, 2.45) is 0 Å². The van der Waals surface area contributed by atoms with Crippen molar-refractivity contribution in [2.75, 3.05) is 9.71 Å². The van der Waals surface area contributed by atoms with Gasteiger partial charge in [-0.05, 0) is 81.2 Å². The van der Waals surface area contributed by atoms with E-state index in [2.05, 4.69) is 187 Å². The second-order valence-corrected chi connectivity index (χ2v) is 17.1. The molecule has 0 saturated carbocycles. The predicted octanol–water partition coefficient (Wildman–Crippen LogP) is 13.0. The van der Waals surface area contributed by atoms with Crippen molar-refractivity contribution < 1.29 is 4.42 Å². The van der Waals surface area contributed by atoms with Gasteiger partial charge in [0, 0.05) is 48.6 Å². The average molecular weight is 733 g/mol. The molecule has 2 aromatic heterocycles. The summed E-state index contributed by atoms with van der Waals surface area (Å²) >= 11 is 1.93. The van der Waals surface area contributed by atoms with Crippen LogP contribution in [0.15, 0.2) is 168 Å². The molecule has 0 aliphatic carbocycles. The zero-order valence-electron chi connectivity index (χ0n) is 30.9. The zero-order valence-corrected chi connectivity index (χ0v) is 31.7. The van der Waals surface area contributed by atoms with Gasteiger partial charge in [0.25, 0.3) is 0 Å². The molecule has 0 fully saturated rings. The topological polar surface area (TPSA) is 19.6 Å². The lowest BCUT2D eigenvalue weighted by atomic mass is 9.42. The fourth-order valence-corrected chi connectivity index (χ4v) is 11.6. The van der Waals surface area contributed by atoms with Gasteiger partial charge in [0.15, 0.2) is 5.58 Å². The number of hydrogen-bond acceptors (Lipinski definition) is 4. The van der Waals surface area contributed by atoms with Crippen molar-refractivity contribution in [3.05, 3.63) is 175 Å². The number of fused-ring (bicyclic) bond motifs is 13. The first-order chi connectivity index (χ1) is 27.6. The molecule has 10 aromatic rings. The Kier molecular flexibility index (Phi) is 5.93. The molecule has 13 rings (SSSR count). The minimum atomic E-state index is -0.201. The maximum atomic E-state index is 6.88. The highest BCUT2D eigenvalue weighted by atomic mass is 32.1. The Bertz CT molecular complexity index is 3320. The van der Waals surface area contributed by atoms with Crippen molar-refractivity contribution in [3.63, 3.8) is 0 Å². The molecule has 5 heteroatoms. The smallest absolute Gasteiger partial charge is 0.333 e. The summed E-state index contributed by atoms with van der Waals surface area (Å²) < 4.78 is 9.52. The molecule has 0 N–H and O–H groups in total. The van der Waals surface area contributed by atoms with Crippen molar-refractivity contribution >= 4 is 99.7 Å². The second kappa shape index (κ2) is 10.8. The van der Waals surface area contributed by atoms with Gasteiger partial charge in [0.1, 0.15) is 5.58 Å². The molecule has 0 radical (unpaired) electrons. The third kappa shape index (κ3) is 3.83. The molecule has 8 aromatic carbocycles. The normalized spacial score (nSPS) is 14.6. The van der Waals surface area contributed by atoms with Crippen LogP contribution in [-0.4, -0.2) is 6.85 Å². The number of anilines is 5. The van der Waals surface area contributed by atoms with Gasteiger partial charge in [-0.25, -0.2) is 0 Å². The van der Waals surface area contributed by atoms with Gasteiger partial charge in [0.05, 0.1) is 21.8 Å². The molecule has 262 valence electrons. The highest BCUT2D eigenvalue weighted by molar-refractivity contribution is 7.26. The lowest BCUT2D eigenvalue weighted by molar-refractivity contribution is 0.632. The SMILES string of the molecule is CC1(C)c2ccccc2N2c3c(cccc31)B1c3c(cc4c(sc5ccccc54)c32)-c2cc(-c3ccccc3)ccc2N1c1cccc2c1oc1ccccc12. The maximum Gasteiger partial charge on any atom is 0.333 e. The lowest BCUT2D eigenvalue weighted by Crippen LogP contribution is -2.62. The van der Waals surface area contributed by atoms with Crippen LogP contribution in [0.4, 0.5) is 28.4 Å². The summed E-state index contributed by atoms with van der Waals surface area (Å²) in [7, 11) is 0. The fourth-order valence-electron chi connectivity index (χ4n) is 10.3. The maximum absolute atomic E-state index is 6.88. The van der Waals surface area contributed by atoms with Crippen LogP contribution < -0.4 is 20.6 Å². The van der Waals surface area contributed by atoms with E-state index in [1.807, 2.05) is 11.3 Å². The summed E-state index contributed by atoms with van der Waals surface area (Å²) in [6.07, 6.45) is 0. The first-order valence-corrected chi connectivity index (χ1v) is 20.3. The molecule has 0 saturated heterocycles. The Morgan fingerprint density at radius 1 is 0.536 bits per heavy atom. The van der Waals surface area contributed by atoms with E-state index in [9.17, 15) is 0 Å². The summed E-state index contributed by atoms with van der Waals surface area (Å²) in [5.41, 5.74) is 18.0. The highest BCUT2D eigenvalue weighted by Gasteiger charge is 2.50. The number of hydrogen-bond donors (Lipinski definition) is 0. The van der Waals surface area contributed by atoms with Crippen LogP contribution in [0.1, 0.15) is 25.0 Å². The summed E-state index contributed by atoms with van der Waals surface area (Å²) in [6, 6.07) is 60.6. The van der Waals surface area contributed by atoms with Crippen LogP contribution in [0.2, 0.25) is 0 Å². The summed E-state index contributed by atoms with van der Waals surface area (Å²) in [6.45, 7) is 4.68. The van der Waals surface area contributed by atoms with E-state index in [4.69, 9.17) is 4.42 Å². The van der Waals surface area contributed by atoms with Gasteiger partial charge < -0.3 is 14.1 Å². The third-order valence-electron chi connectivity index (χ3n) is 12.8. The van der Waals surface area contributed by atoms with E-state index in [0.717, 1.165) is 27.6 Å². The van der Waals surface area contributed by atoms with E-state index in [-0.39, 0.29) is 12.3 Å². The van der Waals surface area contributed by atoms with Crippen molar-refractivity contribution in [2.45, 2.75) is 19.3 Å².